The first-order chi connectivity index (χ1) is 12.8. The minimum absolute atomic E-state index is 0.0448. The molecule has 0 N–H and O–H groups in total. The summed E-state index contributed by atoms with van der Waals surface area (Å²) in [7, 11) is 0. The second kappa shape index (κ2) is 7.30. The minimum Gasteiger partial charge on any atom is -0.435 e. The molecule has 3 aromatic rings. The lowest BCUT2D eigenvalue weighted by Gasteiger charge is -2.17. The van der Waals surface area contributed by atoms with Crippen LogP contribution in [0.5, 0.6) is 5.75 Å². The second-order valence-corrected chi connectivity index (χ2v) is 5.53. The Bertz CT molecular complexity index is 926. The zero-order chi connectivity index (χ0) is 19.6. The van der Waals surface area contributed by atoms with Gasteiger partial charge in [-0.25, -0.2) is 8.78 Å². The van der Waals surface area contributed by atoms with Crippen molar-refractivity contribution in [2.75, 3.05) is 0 Å². The molecule has 3 rings (SSSR count). The van der Waals surface area contributed by atoms with Gasteiger partial charge in [0.2, 0.25) is 0 Å². The molecule has 0 fully saturated rings. The molecule has 0 aliphatic carbocycles. The van der Waals surface area contributed by atoms with Crippen LogP contribution < -0.4 is 4.74 Å². The van der Waals surface area contributed by atoms with E-state index in [1.54, 1.807) is 0 Å². The molecule has 0 amide bonds. The molecule has 0 aliphatic rings. The lowest BCUT2D eigenvalue weighted by atomic mass is 10.0. The molecule has 0 bridgehead atoms. The fourth-order valence-corrected chi connectivity index (χ4v) is 2.46. The van der Waals surface area contributed by atoms with E-state index in [1.165, 1.54) is 30.3 Å². The summed E-state index contributed by atoms with van der Waals surface area (Å²) in [6.07, 6.45) is 1.15. The van der Waals surface area contributed by atoms with Gasteiger partial charge in [-0.15, -0.1) is 0 Å². The maximum atomic E-state index is 14.5. The molecule has 0 saturated carbocycles. The van der Waals surface area contributed by atoms with Crippen LogP contribution >= 0.6 is 0 Å². The molecular weight excluding hydrogens is 372 g/mol. The summed E-state index contributed by atoms with van der Waals surface area (Å²) >= 11 is 0. The Morgan fingerprint density at radius 1 is 0.852 bits per heavy atom. The van der Waals surface area contributed by atoms with E-state index in [1.807, 2.05) is 0 Å². The number of pyridine rings is 1. The number of hydrogen-bond donors (Lipinski definition) is 0. The number of alkyl halides is 4. The summed E-state index contributed by atoms with van der Waals surface area (Å²) in [5.74, 6) is -6.14. The molecule has 0 unspecified atom stereocenters. The van der Waals surface area contributed by atoms with Crippen LogP contribution in [0.3, 0.4) is 0 Å². The van der Waals surface area contributed by atoms with Crippen molar-refractivity contribution >= 4 is 0 Å². The highest BCUT2D eigenvalue weighted by Gasteiger charge is 2.38. The summed E-state index contributed by atoms with van der Waals surface area (Å²) in [5, 5.41) is 0. The first-order valence-corrected chi connectivity index (χ1v) is 7.62. The van der Waals surface area contributed by atoms with Gasteiger partial charge in [0.1, 0.15) is 23.1 Å². The monoisotopic (exact) mass is 383 g/mol. The number of benzene rings is 2. The quantitative estimate of drug-likeness (QED) is 0.522. The van der Waals surface area contributed by atoms with E-state index in [9.17, 15) is 26.3 Å². The van der Waals surface area contributed by atoms with Crippen molar-refractivity contribution in [1.29, 1.82) is 0 Å². The summed E-state index contributed by atoms with van der Waals surface area (Å²) in [6.45, 7) is -2.95. The van der Waals surface area contributed by atoms with Crippen molar-refractivity contribution < 1.29 is 31.1 Å². The third-order valence-electron chi connectivity index (χ3n) is 3.77. The maximum Gasteiger partial charge on any atom is 0.387 e. The van der Waals surface area contributed by atoms with Gasteiger partial charge < -0.3 is 4.74 Å². The van der Waals surface area contributed by atoms with Gasteiger partial charge in [0.05, 0.1) is 5.56 Å². The van der Waals surface area contributed by atoms with E-state index in [0.717, 1.165) is 18.3 Å². The smallest absolute Gasteiger partial charge is 0.387 e. The number of rotatable bonds is 5. The van der Waals surface area contributed by atoms with Gasteiger partial charge in [0, 0.05) is 17.8 Å². The second-order valence-electron chi connectivity index (χ2n) is 5.53. The molecular formula is C19H11F6NO. The van der Waals surface area contributed by atoms with Crippen LogP contribution in [0.15, 0.2) is 60.8 Å². The predicted molar refractivity (Wildman–Crippen MR) is 85.7 cm³/mol. The maximum absolute atomic E-state index is 14.5. The van der Waals surface area contributed by atoms with Crippen LogP contribution in [0, 0.1) is 11.6 Å². The van der Waals surface area contributed by atoms with Crippen molar-refractivity contribution in [3.63, 3.8) is 0 Å². The van der Waals surface area contributed by atoms with Crippen LogP contribution in [0.4, 0.5) is 26.3 Å². The number of aromatic nitrogens is 1. The van der Waals surface area contributed by atoms with E-state index in [4.69, 9.17) is 0 Å². The van der Waals surface area contributed by atoms with E-state index in [-0.39, 0.29) is 5.75 Å². The fourth-order valence-electron chi connectivity index (χ4n) is 2.46. The molecule has 2 nitrogen and oxygen atoms in total. The van der Waals surface area contributed by atoms with Gasteiger partial charge in [-0.05, 0) is 35.9 Å². The lowest BCUT2D eigenvalue weighted by Crippen LogP contribution is -2.19. The average molecular weight is 383 g/mol. The van der Waals surface area contributed by atoms with Crippen molar-refractivity contribution in [1.82, 2.24) is 4.98 Å². The third kappa shape index (κ3) is 4.05. The molecule has 27 heavy (non-hydrogen) atoms. The first kappa shape index (κ1) is 18.8. The van der Waals surface area contributed by atoms with Gasteiger partial charge in [-0.2, -0.15) is 17.6 Å². The van der Waals surface area contributed by atoms with Gasteiger partial charge >= 0.3 is 12.5 Å². The number of hydrogen-bond acceptors (Lipinski definition) is 2. The largest absolute Gasteiger partial charge is 0.435 e. The zero-order valence-corrected chi connectivity index (χ0v) is 13.5. The summed E-state index contributed by atoms with van der Waals surface area (Å²) in [6, 6.07) is 9.67. The Labute approximate surface area is 150 Å². The molecule has 8 heteroatoms. The van der Waals surface area contributed by atoms with E-state index in [0.29, 0.717) is 23.3 Å². The summed E-state index contributed by atoms with van der Waals surface area (Å²) in [5.41, 5.74) is -0.725. The van der Waals surface area contributed by atoms with Crippen molar-refractivity contribution in [2.24, 2.45) is 0 Å². The Morgan fingerprint density at radius 2 is 1.52 bits per heavy atom. The van der Waals surface area contributed by atoms with Crippen LogP contribution in [-0.2, 0) is 5.92 Å². The average Bonchev–Trinajstić information content (AvgIpc) is 2.61. The number of ether oxygens (including phenoxy) is 1. The van der Waals surface area contributed by atoms with Crippen LogP contribution in [-0.4, -0.2) is 11.6 Å². The lowest BCUT2D eigenvalue weighted by molar-refractivity contribution is -0.0498. The highest BCUT2D eigenvalue weighted by molar-refractivity contribution is 5.63. The Morgan fingerprint density at radius 3 is 2.07 bits per heavy atom. The predicted octanol–water partition coefficient (Wildman–Crippen LogP) is 5.77. The Kier molecular flexibility index (Phi) is 5.07. The molecule has 1 aromatic heterocycles. The highest BCUT2D eigenvalue weighted by atomic mass is 19.3. The molecule has 0 spiro atoms. The molecule has 0 aliphatic heterocycles. The Balaban J connectivity index is 1.86. The standard InChI is InChI=1S/C19H11F6NO/c20-13-4-7-15(16(21)9-13)19(24,25)17-8-3-12(10-26-17)11-1-5-14(6-2-11)27-18(22)23/h1-10,18H. The van der Waals surface area contributed by atoms with E-state index >= 15 is 0 Å². The van der Waals surface area contributed by atoms with Gasteiger partial charge in [-0.1, -0.05) is 18.2 Å². The topological polar surface area (TPSA) is 22.1 Å². The summed E-state index contributed by atoms with van der Waals surface area (Å²) < 4.78 is 84.1. The number of nitrogens with zero attached hydrogens (tertiary/aromatic N) is 1. The van der Waals surface area contributed by atoms with Gasteiger partial charge in [-0.3, -0.25) is 4.98 Å². The van der Waals surface area contributed by atoms with E-state index < -0.39 is 35.4 Å². The molecule has 0 radical (unpaired) electrons. The fraction of sp³-hybridized carbons (Fsp3) is 0.105. The molecule has 0 atom stereocenters. The zero-order valence-electron chi connectivity index (χ0n) is 13.5. The van der Waals surface area contributed by atoms with Crippen LogP contribution in [0.25, 0.3) is 11.1 Å². The molecule has 140 valence electrons. The first-order valence-electron chi connectivity index (χ1n) is 7.62. The SMILES string of the molecule is Fc1ccc(C(F)(F)c2ccc(-c3ccc(OC(F)F)cc3)cn2)c(F)c1. The van der Waals surface area contributed by atoms with Crippen molar-refractivity contribution in [3.05, 3.63) is 83.7 Å². The Hall–Kier alpha value is -3.03. The molecule has 2 aromatic carbocycles. The van der Waals surface area contributed by atoms with Crippen LogP contribution in [0.2, 0.25) is 0 Å². The molecule has 0 saturated heterocycles. The van der Waals surface area contributed by atoms with Crippen molar-refractivity contribution in [3.8, 4) is 16.9 Å². The van der Waals surface area contributed by atoms with Crippen LogP contribution in [0.1, 0.15) is 11.3 Å². The highest BCUT2D eigenvalue weighted by Crippen LogP contribution is 2.36. The minimum atomic E-state index is -3.76. The van der Waals surface area contributed by atoms with Gasteiger partial charge in [0.25, 0.3) is 0 Å². The van der Waals surface area contributed by atoms with Crippen molar-refractivity contribution in [2.45, 2.75) is 12.5 Å². The van der Waals surface area contributed by atoms with Gasteiger partial charge in [0.15, 0.2) is 0 Å². The summed E-state index contributed by atoms with van der Waals surface area (Å²) in [4.78, 5) is 3.68. The van der Waals surface area contributed by atoms with E-state index in [2.05, 4.69) is 9.72 Å². The number of halogens is 6. The molecule has 1 heterocycles. The normalized spacial score (nSPS) is 11.7. The third-order valence-corrected chi connectivity index (χ3v) is 3.77.